The molecule has 16 heavy (non-hydrogen) atoms. The van der Waals surface area contributed by atoms with E-state index in [0.717, 1.165) is 17.1 Å². The molecule has 1 heterocycles. The van der Waals surface area contributed by atoms with Crippen molar-refractivity contribution in [3.05, 3.63) is 23.5 Å². The average molecular weight is 226 g/mol. The van der Waals surface area contributed by atoms with Gasteiger partial charge in [-0.25, -0.2) is 0 Å². The molecule has 0 saturated heterocycles. The SMILES string of the molecule is COc1cc(C)nc(CNC(CO)CO)c1. The summed E-state index contributed by atoms with van der Waals surface area (Å²) in [7, 11) is 1.61. The number of nitrogens with one attached hydrogen (secondary N) is 1. The van der Waals surface area contributed by atoms with Gasteiger partial charge < -0.3 is 20.3 Å². The van der Waals surface area contributed by atoms with Crippen molar-refractivity contribution >= 4 is 0 Å². The third-order valence-electron chi connectivity index (χ3n) is 2.23. The van der Waals surface area contributed by atoms with Crippen LogP contribution >= 0.6 is 0 Å². The minimum absolute atomic E-state index is 0.0978. The molecule has 1 aromatic heterocycles. The van der Waals surface area contributed by atoms with E-state index in [2.05, 4.69) is 10.3 Å². The summed E-state index contributed by atoms with van der Waals surface area (Å²) >= 11 is 0. The number of aryl methyl sites for hydroxylation is 1. The summed E-state index contributed by atoms with van der Waals surface area (Å²) in [6.07, 6.45) is 0. The number of rotatable bonds is 6. The lowest BCUT2D eigenvalue weighted by Crippen LogP contribution is -2.35. The molecule has 5 heteroatoms. The van der Waals surface area contributed by atoms with Crippen LogP contribution in [0, 0.1) is 6.92 Å². The van der Waals surface area contributed by atoms with Crippen LogP contribution in [0.3, 0.4) is 0 Å². The zero-order valence-corrected chi connectivity index (χ0v) is 9.60. The molecule has 90 valence electrons. The van der Waals surface area contributed by atoms with Gasteiger partial charge in [0.15, 0.2) is 0 Å². The zero-order chi connectivity index (χ0) is 12.0. The van der Waals surface area contributed by atoms with Crippen molar-refractivity contribution in [3.63, 3.8) is 0 Å². The van der Waals surface area contributed by atoms with Gasteiger partial charge in [-0.2, -0.15) is 0 Å². The van der Waals surface area contributed by atoms with E-state index in [-0.39, 0.29) is 19.3 Å². The fourth-order valence-electron chi connectivity index (χ4n) is 1.35. The number of aromatic nitrogens is 1. The molecule has 0 saturated carbocycles. The van der Waals surface area contributed by atoms with Crippen LogP contribution in [0.5, 0.6) is 5.75 Å². The van der Waals surface area contributed by atoms with Crippen LogP contribution in [-0.4, -0.2) is 41.6 Å². The average Bonchev–Trinajstić information content (AvgIpc) is 2.29. The Morgan fingerprint density at radius 3 is 2.62 bits per heavy atom. The predicted octanol–water partition coefficient (Wildman–Crippen LogP) is -0.159. The monoisotopic (exact) mass is 226 g/mol. The van der Waals surface area contributed by atoms with E-state index in [1.54, 1.807) is 7.11 Å². The topological polar surface area (TPSA) is 74.6 Å². The van der Waals surface area contributed by atoms with Crippen molar-refractivity contribution in [1.29, 1.82) is 0 Å². The Morgan fingerprint density at radius 2 is 2.06 bits per heavy atom. The number of pyridine rings is 1. The van der Waals surface area contributed by atoms with E-state index in [9.17, 15) is 0 Å². The molecule has 0 unspecified atom stereocenters. The highest BCUT2D eigenvalue weighted by molar-refractivity contribution is 5.26. The van der Waals surface area contributed by atoms with Crippen LogP contribution in [0.2, 0.25) is 0 Å². The first-order chi connectivity index (χ1) is 7.69. The molecular weight excluding hydrogens is 208 g/mol. The fourth-order valence-corrected chi connectivity index (χ4v) is 1.35. The number of ether oxygens (including phenoxy) is 1. The predicted molar refractivity (Wildman–Crippen MR) is 60.3 cm³/mol. The Labute approximate surface area is 95.1 Å². The van der Waals surface area contributed by atoms with Crippen molar-refractivity contribution in [1.82, 2.24) is 10.3 Å². The molecule has 0 radical (unpaired) electrons. The summed E-state index contributed by atoms with van der Waals surface area (Å²) in [5.41, 5.74) is 1.70. The molecule has 0 atom stereocenters. The molecule has 0 aliphatic rings. The highest BCUT2D eigenvalue weighted by Crippen LogP contribution is 2.13. The second-order valence-corrected chi connectivity index (χ2v) is 3.58. The Hall–Kier alpha value is -1.17. The standard InChI is InChI=1S/C11H18N2O3/c1-8-3-11(16-2)4-9(13-8)5-12-10(6-14)7-15/h3-4,10,12,14-15H,5-7H2,1-2H3. The molecular formula is C11H18N2O3. The highest BCUT2D eigenvalue weighted by Gasteiger charge is 2.06. The third kappa shape index (κ3) is 3.77. The molecule has 5 nitrogen and oxygen atoms in total. The van der Waals surface area contributed by atoms with Gasteiger partial charge in [0.25, 0.3) is 0 Å². The van der Waals surface area contributed by atoms with Crippen LogP contribution in [-0.2, 0) is 6.54 Å². The second-order valence-electron chi connectivity index (χ2n) is 3.58. The fraction of sp³-hybridized carbons (Fsp3) is 0.545. The van der Waals surface area contributed by atoms with Gasteiger partial charge >= 0.3 is 0 Å². The van der Waals surface area contributed by atoms with Crippen molar-refractivity contribution in [3.8, 4) is 5.75 Å². The minimum atomic E-state index is -0.312. The molecule has 0 aliphatic carbocycles. The third-order valence-corrected chi connectivity index (χ3v) is 2.23. The van der Waals surface area contributed by atoms with Crippen LogP contribution in [0.1, 0.15) is 11.4 Å². The van der Waals surface area contributed by atoms with E-state index in [0.29, 0.717) is 6.54 Å². The van der Waals surface area contributed by atoms with E-state index in [1.165, 1.54) is 0 Å². The number of aliphatic hydroxyl groups is 2. The van der Waals surface area contributed by atoms with Crippen LogP contribution in [0.4, 0.5) is 0 Å². The molecule has 0 fully saturated rings. The number of hydrogen-bond acceptors (Lipinski definition) is 5. The normalized spacial score (nSPS) is 10.8. The molecule has 3 N–H and O–H groups in total. The summed E-state index contributed by atoms with van der Waals surface area (Å²) in [5.74, 6) is 0.758. The maximum absolute atomic E-state index is 8.89. The van der Waals surface area contributed by atoms with Crippen LogP contribution in [0.15, 0.2) is 12.1 Å². The number of methoxy groups -OCH3 is 1. The molecule has 1 aromatic rings. The maximum Gasteiger partial charge on any atom is 0.122 e. The van der Waals surface area contributed by atoms with Gasteiger partial charge in [0.05, 0.1) is 32.1 Å². The van der Waals surface area contributed by atoms with Crippen molar-refractivity contribution in [2.75, 3.05) is 20.3 Å². The summed E-state index contributed by atoms with van der Waals surface area (Å²) < 4.78 is 5.13. The first-order valence-corrected chi connectivity index (χ1v) is 5.16. The first-order valence-electron chi connectivity index (χ1n) is 5.16. The first kappa shape index (κ1) is 12.9. The zero-order valence-electron chi connectivity index (χ0n) is 9.60. The lowest BCUT2D eigenvalue weighted by Gasteiger charge is -2.13. The Kier molecular flexibility index (Phi) is 5.18. The summed E-state index contributed by atoms with van der Waals surface area (Å²) in [6.45, 7) is 2.18. The van der Waals surface area contributed by atoms with Gasteiger partial charge in [-0.1, -0.05) is 0 Å². The van der Waals surface area contributed by atoms with E-state index in [4.69, 9.17) is 14.9 Å². The summed E-state index contributed by atoms with van der Waals surface area (Å²) in [4.78, 5) is 4.32. The molecule has 0 aromatic carbocycles. The molecule has 0 spiro atoms. The Bertz CT molecular complexity index is 327. The molecule has 0 bridgehead atoms. The lowest BCUT2D eigenvalue weighted by molar-refractivity contribution is 0.170. The summed E-state index contributed by atoms with van der Waals surface area (Å²) in [6, 6.07) is 3.36. The number of nitrogens with zero attached hydrogens (tertiary/aromatic N) is 1. The van der Waals surface area contributed by atoms with Gasteiger partial charge in [-0.05, 0) is 6.92 Å². The largest absolute Gasteiger partial charge is 0.497 e. The van der Waals surface area contributed by atoms with E-state index >= 15 is 0 Å². The molecule has 0 aliphatic heterocycles. The van der Waals surface area contributed by atoms with Gasteiger partial charge in [0, 0.05) is 24.4 Å². The maximum atomic E-state index is 8.89. The van der Waals surface area contributed by atoms with Gasteiger partial charge in [0.2, 0.25) is 0 Å². The van der Waals surface area contributed by atoms with Gasteiger partial charge in [0.1, 0.15) is 5.75 Å². The van der Waals surface area contributed by atoms with Crippen LogP contribution in [0.25, 0.3) is 0 Å². The smallest absolute Gasteiger partial charge is 0.122 e. The lowest BCUT2D eigenvalue weighted by atomic mass is 10.2. The number of aliphatic hydroxyl groups excluding tert-OH is 2. The van der Waals surface area contributed by atoms with E-state index < -0.39 is 0 Å². The quantitative estimate of drug-likeness (QED) is 0.628. The van der Waals surface area contributed by atoms with Crippen molar-refractivity contribution in [2.24, 2.45) is 0 Å². The van der Waals surface area contributed by atoms with Gasteiger partial charge in [-0.3, -0.25) is 4.98 Å². The Balaban J connectivity index is 2.62. The van der Waals surface area contributed by atoms with Crippen molar-refractivity contribution < 1.29 is 14.9 Å². The Morgan fingerprint density at radius 1 is 1.38 bits per heavy atom. The second kappa shape index (κ2) is 6.42. The van der Waals surface area contributed by atoms with E-state index in [1.807, 2.05) is 19.1 Å². The molecule has 0 amide bonds. The number of hydrogen-bond donors (Lipinski definition) is 3. The van der Waals surface area contributed by atoms with Gasteiger partial charge in [-0.15, -0.1) is 0 Å². The summed E-state index contributed by atoms with van der Waals surface area (Å²) in [5, 5.41) is 20.8. The minimum Gasteiger partial charge on any atom is -0.497 e. The highest BCUT2D eigenvalue weighted by atomic mass is 16.5. The van der Waals surface area contributed by atoms with Crippen molar-refractivity contribution in [2.45, 2.75) is 19.5 Å². The van der Waals surface area contributed by atoms with Crippen LogP contribution < -0.4 is 10.1 Å². The molecule has 1 rings (SSSR count).